The average molecular weight is 304 g/mol. The molecule has 2 aromatic carbocycles. The maximum absolute atomic E-state index is 11.9. The molecule has 0 aliphatic carbocycles. The Morgan fingerprint density at radius 1 is 0.950 bits per heavy atom. The van der Waals surface area contributed by atoms with Gasteiger partial charge in [0.05, 0.1) is 10.6 Å². The first kappa shape index (κ1) is 13.1. The summed E-state index contributed by atoms with van der Waals surface area (Å²) in [7, 11) is -3.55. The number of halogens is 1. The van der Waals surface area contributed by atoms with E-state index >= 15 is 0 Å². The maximum Gasteiger partial charge on any atom is 0.283 e. The third kappa shape index (κ3) is 2.40. The Hall–Kier alpha value is -1.91. The van der Waals surface area contributed by atoms with E-state index in [1.807, 2.05) is 18.2 Å². The predicted molar refractivity (Wildman–Crippen MR) is 80.7 cm³/mol. The minimum atomic E-state index is -3.55. The molecule has 0 spiro atoms. The molecule has 5 heteroatoms. The van der Waals surface area contributed by atoms with Gasteiger partial charge in [0.1, 0.15) is 0 Å². The lowest BCUT2D eigenvalue weighted by atomic mass is 10.1. The topological polar surface area (TPSA) is 46.5 Å². The Balaban J connectivity index is 1.98. The zero-order valence-electron chi connectivity index (χ0n) is 10.3. The van der Waals surface area contributed by atoms with Crippen LogP contribution in [0.2, 0.25) is 5.02 Å². The third-order valence-corrected chi connectivity index (χ3v) is 4.56. The molecule has 0 amide bonds. The SMILES string of the molecule is O=S1(=O)N=C(/C=C/c2ccc(Cl)cc2)c2ccccc21. The second-order valence-corrected chi connectivity index (χ2v) is 6.34. The average Bonchev–Trinajstić information content (AvgIpc) is 2.70. The molecule has 0 aromatic heterocycles. The van der Waals surface area contributed by atoms with E-state index in [-0.39, 0.29) is 4.90 Å². The molecule has 1 aliphatic heterocycles. The van der Waals surface area contributed by atoms with Gasteiger partial charge in [0.15, 0.2) is 0 Å². The Kier molecular flexibility index (Phi) is 3.20. The molecule has 0 radical (unpaired) electrons. The lowest BCUT2D eigenvalue weighted by Gasteiger charge is -1.97. The van der Waals surface area contributed by atoms with Gasteiger partial charge >= 0.3 is 0 Å². The fourth-order valence-corrected chi connectivity index (χ4v) is 3.34. The van der Waals surface area contributed by atoms with Crippen LogP contribution >= 0.6 is 11.6 Å². The zero-order chi connectivity index (χ0) is 14.2. The minimum absolute atomic E-state index is 0.260. The molecule has 3 nitrogen and oxygen atoms in total. The highest BCUT2D eigenvalue weighted by Crippen LogP contribution is 2.26. The summed E-state index contributed by atoms with van der Waals surface area (Å²) >= 11 is 5.82. The van der Waals surface area contributed by atoms with Crippen molar-refractivity contribution in [1.29, 1.82) is 0 Å². The van der Waals surface area contributed by atoms with Crippen LogP contribution < -0.4 is 0 Å². The Morgan fingerprint density at radius 3 is 2.40 bits per heavy atom. The standard InChI is InChI=1S/C15H10ClNO2S/c16-12-8-5-11(6-9-12)7-10-14-13-3-1-2-4-15(13)20(18,19)17-14/h1-10H/b10-7+. The summed E-state index contributed by atoms with van der Waals surface area (Å²) in [5.41, 5.74) is 2.02. The minimum Gasteiger partial charge on any atom is -0.199 e. The second-order valence-electron chi connectivity index (χ2n) is 4.33. The normalized spacial score (nSPS) is 16.1. The molecule has 0 unspecified atom stereocenters. The molecule has 3 rings (SSSR count). The van der Waals surface area contributed by atoms with E-state index < -0.39 is 10.0 Å². The summed E-state index contributed by atoms with van der Waals surface area (Å²) in [5.74, 6) is 0. The van der Waals surface area contributed by atoms with Gasteiger partial charge in [-0.25, -0.2) is 0 Å². The molecular formula is C15H10ClNO2S. The summed E-state index contributed by atoms with van der Waals surface area (Å²) in [6.45, 7) is 0. The van der Waals surface area contributed by atoms with Crippen molar-refractivity contribution in [3.63, 3.8) is 0 Å². The molecule has 2 aromatic rings. The summed E-state index contributed by atoms with van der Waals surface area (Å²) in [5, 5.41) is 0.660. The van der Waals surface area contributed by atoms with Gasteiger partial charge in [-0.15, -0.1) is 0 Å². The van der Waals surface area contributed by atoms with Gasteiger partial charge in [-0.05, 0) is 29.8 Å². The Bertz CT molecular complexity index is 821. The number of hydrogen-bond acceptors (Lipinski definition) is 2. The van der Waals surface area contributed by atoms with Crippen LogP contribution in [-0.2, 0) is 10.0 Å². The molecule has 0 saturated heterocycles. The van der Waals surface area contributed by atoms with Gasteiger partial charge in [0, 0.05) is 10.6 Å². The Morgan fingerprint density at radius 2 is 1.65 bits per heavy atom. The van der Waals surface area contributed by atoms with Crippen LogP contribution in [0.3, 0.4) is 0 Å². The molecule has 100 valence electrons. The zero-order valence-corrected chi connectivity index (χ0v) is 11.9. The number of nitrogens with zero attached hydrogens (tertiary/aromatic N) is 1. The highest BCUT2D eigenvalue weighted by atomic mass is 35.5. The molecule has 0 atom stereocenters. The maximum atomic E-state index is 11.9. The van der Waals surface area contributed by atoms with Crippen molar-refractivity contribution in [2.45, 2.75) is 4.90 Å². The predicted octanol–water partition coefficient (Wildman–Crippen LogP) is 3.54. The fourth-order valence-electron chi connectivity index (χ4n) is 2.00. The molecule has 0 bridgehead atoms. The molecule has 0 fully saturated rings. The molecule has 1 aliphatic rings. The largest absolute Gasteiger partial charge is 0.283 e. The van der Waals surface area contributed by atoms with Crippen LogP contribution in [0.25, 0.3) is 6.08 Å². The number of fused-ring (bicyclic) bond motifs is 1. The summed E-state index contributed by atoms with van der Waals surface area (Å²) in [6, 6.07) is 14.1. The highest BCUT2D eigenvalue weighted by molar-refractivity contribution is 7.90. The van der Waals surface area contributed by atoms with Gasteiger partial charge in [-0.1, -0.05) is 48.0 Å². The van der Waals surface area contributed by atoms with Gasteiger partial charge in [-0.3, -0.25) is 0 Å². The van der Waals surface area contributed by atoms with Crippen LogP contribution in [0.15, 0.2) is 63.9 Å². The number of rotatable bonds is 2. The van der Waals surface area contributed by atoms with Gasteiger partial charge in [0.25, 0.3) is 10.0 Å². The van der Waals surface area contributed by atoms with Gasteiger partial charge in [-0.2, -0.15) is 12.8 Å². The van der Waals surface area contributed by atoms with Crippen molar-refractivity contribution in [2.24, 2.45) is 4.40 Å². The van der Waals surface area contributed by atoms with Crippen molar-refractivity contribution in [3.8, 4) is 0 Å². The summed E-state index contributed by atoms with van der Waals surface area (Å²) in [4.78, 5) is 0.260. The van der Waals surface area contributed by atoms with E-state index in [0.717, 1.165) is 5.56 Å². The third-order valence-electron chi connectivity index (χ3n) is 2.96. The smallest absolute Gasteiger partial charge is 0.199 e. The van der Waals surface area contributed by atoms with Crippen molar-refractivity contribution in [3.05, 3.63) is 70.8 Å². The summed E-state index contributed by atoms with van der Waals surface area (Å²) < 4.78 is 27.6. The first-order chi connectivity index (χ1) is 9.56. The molecular weight excluding hydrogens is 294 g/mol. The first-order valence-electron chi connectivity index (χ1n) is 5.94. The number of allylic oxidation sites excluding steroid dienone is 1. The lowest BCUT2D eigenvalue weighted by Crippen LogP contribution is -1.93. The van der Waals surface area contributed by atoms with Crippen LogP contribution in [-0.4, -0.2) is 14.1 Å². The van der Waals surface area contributed by atoms with Gasteiger partial charge < -0.3 is 0 Å². The number of sulfonamides is 1. The van der Waals surface area contributed by atoms with Crippen LogP contribution in [0, 0.1) is 0 Å². The van der Waals surface area contributed by atoms with Gasteiger partial charge in [0.2, 0.25) is 0 Å². The van der Waals surface area contributed by atoms with Crippen LogP contribution in [0.1, 0.15) is 11.1 Å². The first-order valence-corrected chi connectivity index (χ1v) is 7.76. The van der Waals surface area contributed by atoms with E-state index in [1.54, 1.807) is 42.5 Å². The van der Waals surface area contributed by atoms with Crippen molar-refractivity contribution < 1.29 is 8.42 Å². The molecule has 1 heterocycles. The van der Waals surface area contributed by atoms with E-state index in [2.05, 4.69) is 4.40 Å². The van der Waals surface area contributed by atoms with E-state index in [4.69, 9.17) is 11.6 Å². The number of hydrogen-bond donors (Lipinski definition) is 0. The lowest BCUT2D eigenvalue weighted by molar-refractivity contribution is 0.599. The van der Waals surface area contributed by atoms with E-state index in [1.165, 1.54) is 0 Å². The monoisotopic (exact) mass is 303 g/mol. The summed E-state index contributed by atoms with van der Waals surface area (Å²) in [6.07, 6.45) is 3.51. The molecule has 20 heavy (non-hydrogen) atoms. The van der Waals surface area contributed by atoms with Crippen LogP contribution in [0.5, 0.6) is 0 Å². The highest BCUT2D eigenvalue weighted by Gasteiger charge is 2.26. The van der Waals surface area contributed by atoms with E-state index in [9.17, 15) is 8.42 Å². The van der Waals surface area contributed by atoms with Crippen molar-refractivity contribution in [2.75, 3.05) is 0 Å². The fraction of sp³-hybridized carbons (Fsp3) is 0. The van der Waals surface area contributed by atoms with Crippen molar-refractivity contribution >= 4 is 33.4 Å². The number of benzene rings is 2. The van der Waals surface area contributed by atoms with Crippen molar-refractivity contribution in [1.82, 2.24) is 0 Å². The molecule has 0 N–H and O–H groups in total. The second kappa shape index (κ2) is 4.89. The Labute approximate surface area is 122 Å². The van der Waals surface area contributed by atoms with Crippen LogP contribution in [0.4, 0.5) is 0 Å². The quantitative estimate of drug-likeness (QED) is 0.852. The van der Waals surface area contributed by atoms with E-state index in [0.29, 0.717) is 16.3 Å². The molecule has 0 saturated carbocycles.